The first kappa shape index (κ1) is 12.8. The fraction of sp³-hybridized carbons (Fsp3) is 0.167. The van der Waals surface area contributed by atoms with E-state index in [2.05, 4.69) is 24.3 Å². The van der Waals surface area contributed by atoms with Crippen LogP contribution in [0.15, 0.2) is 54.6 Å². The minimum Gasteiger partial charge on any atom is -0.302 e. The van der Waals surface area contributed by atoms with Gasteiger partial charge in [0.05, 0.1) is 6.54 Å². The van der Waals surface area contributed by atoms with Crippen LogP contribution in [0.4, 0.5) is 0 Å². The van der Waals surface area contributed by atoms with Crippen LogP contribution in [-0.2, 0) is 0 Å². The van der Waals surface area contributed by atoms with E-state index in [1.54, 1.807) is 0 Å². The van der Waals surface area contributed by atoms with E-state index >= 15 is 0 Å². The molecule has 2 nitrogen and oxygen atoms in total. The third-order valence-electron chi connectivity index (χ3n) is 3.53. The summed E-state index contributed by atoms with van der Waals surface area (Å²) in [6.07, 6.45) is 0. The molecular formula is C18H17NO. The van der Waals surface area contributed by atoms with Crippen LogP contribution in [-0.4, -0.2) is 31.3 Å². The van der Waals surface area contributed by atoms with E-state index in [0.29, 0.717) is 6.54 Å². The molecule has 0 amide bonds. The summed E-state index contributed by atoms with van der Waals surface area (Å²) in [6.45, 7) is 0.441. The van der Waals surface area contributed by atoms with Gasteiger partial charge >= 0.3 is 0 Å². The van der Waals surface area contributed by atoms with Crippen molar-refractivity contribution in [2.75, 3.05) is 20.6 Å². The Labute approximate surface area is 118 Å². The molecule has 0 aliphatic heterocycles. The van der Waals surface area contributed by atoms with Crippen LogP contribution >= 0.6 is 0 Å². The van der Waals surface area contributed by atoms with E-state index in [4.69, 9.17) is 0 Å². The van der Waals surface area contributed by atoms with E-state index in [1.807, 2.05) is 49.3 Å². The van der Waals surface area contributed by atoms with Gasteiger partial charge in [-0.05, 0) is 41.7 Å². The molecule has 0 radical (unpaired) electrons. The van der Waals surface area contributed by atoms with Gasteiger partial charge in [-0.1, -0.05) is 48.5 Å². The lowest BCUT2D eigenvalue weighted by Crippen LogP contribution is -2.21. The van der Waals surface area contributed by atoms with Crippen molar-refractivity contribution >= 4 is 27.3 Å². The standard InChI is InChI=1S/C18H17NO/c1-19(2)12-18(20)15-10-9-14-8-7-13-5-3-4-6-16(13)17(14)11-15/h3-11H,12H2,1-2H3. The van der Waals surface area contributed by atoms with Gasteiger partial charge in [-0.2, -0.15) is 0 Å². The Morgan fingerprint density at radius 3 is 2.30 bits per heavy atom. The summed E-state index contributed by atoms with van der Waals surface area (Å²) in [5, 5.41) is 4.72. The lowest BCUT2D eigenvalue weighted by atomic mass is 9.99. The molecule has 2 heteroatoms. The first-order valence-corrected chi connectivity index (χ1v) is 6.74. The zero-order valence-corrected chi connectivity index (χ0v) is 11.8. The molecule has 0 N–H and O–H groups in total. The molecule has 3 aromatic rings. The maximum atomic E-state index is 12.2. The van der Waals surface area contributed by atoms with E-state index in [-0.39, 0.29) is 5.78 Å². The van der Waals surface area contributed by atoms with Crippen LogP contribution < -0.4 is 0 Å². The molecule has 0 bridgehead atoms. The second kappa shape index (κ2) is 5.06. The molecule has 0 saturated heterocycles. The number of fused-ring (bicyclic) bond motifs is 3. The first-order chi connectivity index (χ1) is 9.65. The number of rotatable bonds is 3. The molecular weight excluding hydrogens is 246 g/mol. The van der Waals surface area contributed by atoms with E-state index in [9.17, 15) is 4.79 Å². The maximum Gasteiger partial charge on any atom is 0.176 e. The minimum atomic E-state index is 0.157. The van der Waals surface area contributed by atoms with Gasteiger partial charge in [-0.15, -0.1) is 0 Å². The van der Waals surface area contributed by atoms with E-state index in [0.717, 1.165) is 10.9 Å². The number of Topliss-reactive ketones (excluding diaryl/α,β-unsaturated/α-hetero) is 1. The highest BCUT2D eigenvalue weighted by molar-refractivity contribution is 6.10. The smallest absolute Gasteiger partial charge is 0.176 e. The quantitative estimate of drug-likeness (QED) is 0.530. The predicted molar refractivity (Wildman–Crippen MR) is 84.3 cm³/mol. The largest absolute Gasteiger partial charge is 0.302 e. The van der Waals surface area contributed by atoms with Crippen molar-refractivity contribution in [2.24, 2.45) is 0 Å². The zero-order chi connectivity index (χ0) is 14.1. The summed E-state index contributed by atoms with van der Waals surface area (Å²) < 4.78 is 0. The van der Waals surface area contributed by atoms with Gasteiger partial charge in [0, 0.05) is 5.56 Å². The van der Waals surface area contributed by atoms with Gasteiger partial charge in [0.1, 0.15) is 0 Å². The van der Waals surface area contributed by atoms with Crippen molar-refractivity contribution in [3.05, 3.63) is 60.2 Å². The molecule has 0 aliphatic carbocycles. The number of likely N-dealkylation sites (N-methyl/N-ethyl adjacent to an activating group) is 1. The van der Waals surface area contributed by atoms with Crippen LogP contribution in [0.25, 0.3) is 21.5 Å². The van der Waals surface area contributed by atoms with E-state index < -0.39 is 0 Å². The van der Waals surface area contributed by atoms with Gasteiger partial charge in [0.25, 0.3) is 0 Å². The third kappa shape index (κ3) is 2.30. The molecule has 3 aromatic carbocycles. The topological polar surface area (TPSA) is 20.3 Å². The van der Waals surface area contributed by atoms with Gasteiger partial charge in [-0.25, -0.2) is 0 Å². The lowest BCUT2D eigenvalue weighted by molar-refractivity contribution is 0.0958. The Hall–Kier alpha value is -2.19. The van der Waals surface area contributed by atoms with Gasteiger partial charge < -0.3 is 4.90 Å². The number of ketones is 1. The van der Waals surface area contributed by atoms with Crippen molar-refractivity contribution in [1.29, 1.82) is 0 Å². The summed E-state index contributed by atoms with van der Waals surface area (Å²) in [7, 11) is 3.82. The van der Waals surface area contributed by atoms with Crippen molar-refractivity contribution in [1.82, 2.24) is 4.90 Å². The molecule has 0 heterocycles. The SMILES string of the molecule is CN(C)CC(=O)c1ccc2ccc3ccccc3c2c1. The average molecular weight is 263 g/mol. The minimum absolute atomic E-state index is 0.157. The monoisotopic (exact) mass is 263 g/mol. The molecule has 100 valence electrons. The van der Waals surface area contributed by atoms with Gasteiger partial charge in [0.2, 0.25) is 0 Å². The zero-order valence-electron chi connectivity index (χ0n) is 11.8. The van der Waals surface area contributed by atoms with Gasteiger partial charge in [-0.3, -0.25) is 4.79 Å². The van der Waals surface area contributed by atoms with Crippen LogP contribution in [0.1, 0.15) is 10.4 Å². The fourth-order valence-electron chi connectivity index (χ4n) is 2.55. The summed E-state index contributed by atoms with van der Waals surface area (Å²) in [6, 6.07) is 18.5. The number of hydrogen-bond donors (Lipinski definition) is 0. The molecule has 3 rings (SSSR count). The highest BCUT2D eigenvalue weighted by Crippen LogP contribution is 2.26. The number of benzene rings is 3. The Bertz CT molecular complexity index is 790. The number of carbonyl (C=O) groups is 1. The number of hydrogen-bond acceptors (Lipinski definition) is 2. The van der Waals surface area contributed by atoms with Crippen molar-refractivity contribution in [2.45, 2.75) is 0 Å². The van der Waals surface area contributed by atoms with Crippen LogP contribution in [0.3, 0.4) is 0 Å². The third-order valence-corrected chi connectivity index (χ3v) is 3.53. The normalized spacial score (nSPS) is 11.3. The number of carbonyl (C=O) groups excluding carboxylic acids is 1. The molecule has 0 atom stereocenters. The summed E-state index contributed by atoms with van der Waals surface area (Å²) in [5.74, 6) is 0.157. The average Bonchev–Trinajstić information content (AvgIpc) is 2.46. The lowest BCUT2D eigenvalue weighted by Gasteiger charge is -2.10. The van der Waals surface area contributed by atoms with Crippen LogP contribution in [0.5, 0.6) is 0 Å². The second-order valence-electron chi connectivity index (χ2n) is 5.38. The molecule has 20 heavy (non-hydrogen) atoms. The molecule has 0 unspecified atom stereocenters. The highest BCUT2D eigenvalue weighted by atomic mass is 16.1. The summed E-state index contributed by atoms with van der Waals surface area (Å²) in [4.78, 5) is 14.1. The number of nitrogens with zero attached hydrogens (tertiary/aromatic N) is 1. The predicted octanol–water partition coefficient (Wildman–Crippen LogP) is 3.74. The Morgan fingerprint density at radius 2 is 1.55 bits per heavy atom. The van der Waals surface area contributed by atoms with Crippen LogP contribution in [0, 0.1) is 0 Å². The molecule has 0 saturated carbocycles. The summed E-state index contributed by atoms with van der Waals surface area (Å²) >= 11 is 0. The fourth-order valence-corrected chi connectivity index (χ4v) is 2.55. The van der Waals surface area contributed by atoms with Crippen molar-refractivity contribution < 1.29 is 4.79 Å². The molecule has 0 fully saturated rings. The molecule has 0 aliphatic rings. The Kier molecular flexibility index (Phi) is 3.25. The molecule has 0 aromatic heterocycles. The Morgan fingerprint density at radius 1 is 0.900 bits per heavy atom. The van der Waals surface area contributed by atoms with Gasteiger partial charge in [0.15, 0.2) is 5.78 Å². The van der Waals surface area contributed by atoms with Crippen molar-refractivity contribution in [3.63, 3.8) is 0 Å². The second-order valence-corrected chi connectivity index (χ2v) is 5.38. The highest BCUT2D eigenvalue weighted by Gasteiger charge is 2.09. The molecule has 0 spiro atoms. The van der Waals surface area contributed by atoms with Crippen molar-refractivity contribution in [3.8, 4) is 0 Å². The first-order valence-electron chi connectivity index (χ1n) is 6.74. The Balaban J connectivity index is 2.18. The summed E-state index contributed by atoms with van der Waals surface area (Å²) in [5.41, 5.74) is 0.780. The van der Waals surface area contributed by atoms with Crippen LogP contribution in [0.2, 0.25) is 0 Å². The van der Waals surface area contributed by atoms with E-state index in [1.165, 1.54) is 16.2 Å². The maximum absolute atomic E-state index is 12.2.